The van der Waals surface area contributed by atoms with Gasteiger partial charge in [-0.15, -0.1) is 0 Å². The molecule has 3 aliphatic rings. The normalized spacial score (nSPS) is 19.6. The van der Waals surface area contributed by atoms with Crippen LogP contribution in [0.3, 0.4) is 0 Å². The predicted octanol–water partition coefficient (Wildman–Crippen LogP) is 2.52. The molecule has 0 unspecified atom stereocenters. The second kappa shape index (κ2) is 9.23. The van der Waals surface area contributed by atoms with Gasteiger partial charge in [0.1, 0.15) is 13.7 Å². The molecule has 2 aromatic carbocycles. The molecule has 0 atom stereocenters. The number of amides is 1. The third kappa shape index (κ3) is 4.64. The molecule has 0 bridgehead atoms. The van der Waals surface area contributed by atoms with Crippen LogP contribution in [0.1, 0.15) is 36.7 Å². The molecule has 3 heterocycles. The monoisotopic (exact) mass is 506 g/mol. The molecule has 0 saturated carbocycles. The zero-order valence-electron chi connectivity index (χ0n) is 22.2. The van der Waals surface area contributed by atoms with Crippen LogP contribution < -0.4 is 25.5 Å². The van der Waals surface area contributed by atoms with Crippen LogP contribution in [0.5, 0.6) is 0 Å². The van der Waals surface area contributed by atoms with Gasteiger partial charge in [-0.1, -0.05) is 13.1 Å². The highest BCUT2D eigenvalue weighted by atomic mass is 28.3. The number of piperazine rings is 2. The van der Waals surface area contributed by atoms with E-state index in [4.69, 9.17) is 4.74 Å². The van der Waals surface area contributed by atoms with E-state index in [9.17, 15) is 9.59 Å². The van der Waals surface area contributed by atoms with Crippen molar-refractivity contribution in [1.29, 1.82) is 0 Å². The molecule has 192 valence electrons. The maximum absolute atomic E-state index is 13.5. The van der Waals surface area contributed by atoms with E-state index in [0.29, 0.717) is 13.1 Å². The van der Waals surface area contributed by atoms with Crippen LogP contribution in [0.15, 0.2) is 36.4 Å². The van der Waals surface area contributed by atoms with Gasteiger partial charge < -0.3 is 24.8 Å². The van der Waals surface area contributed by atoms with Gasteiger partial charge in [0.15, 0.2) is 5.78 Å². The van der Waals surface area contributed by atoms with E-state index in [1.54, 1.807) is 4.90 Å². The van der Waals surface area contributed by atoms with Gasteiger partial charge >= 0.3 is 6.09 Å². The van der Waals surface area contributed by atoms with Crippen molar-refractivity contribution in [2.24, 2.45) is 0 Å². The number of hydrogen-bond donors (Lipinski definition) is 1. The second-order valence-electron chi connectivity index (χ2n) is 11.6. The van der Waals surface area contributed by atoms with E-state index >= 15 is 0 Å². The number of fused-ring (bicyclic) bond motifs is 2. The highest BCUT2D eigenvalue weighted by Gasteiger charge is 2.39. The zero-order valence-corrected chi connectivity index (χ0v) is 23.2. The van der Waals surface area contributed by atoms with Gasteiger partial charge in [0.05, 0.1) is 0 Å². The fourth-order valence-electron chi connectivity index (χ4n) is 5.57. The first kappa shape index (κ1) is 24.8. The molecule has 1 N–H and O–H groups in total. The number of carbonyl (C=O) groups is 2. The minimum atomic E-state index is -2.10. The largest absolute Gasteiger partial charge is 0.444 e. The molecular formula is C28H38N4O3Si. The molecule has 0 aromatic heterocycles. The van der Waals surface area contributed by atoms with E-state index in [2.05, 4.69) is 58.5 Å². The van der Waals surface area contributed by atoms with E-state index in [0.717, 1.165) is 56.1 Å². The summed E-state index contributed by atoms with van der Waals surface area (Å²) in [6.45, 7) is 17.1. The lowest BCUT2D eigenvalue weighted by molar-refractivity contribution is 0.0240. The Morgan fingerprint density at radius 1 is 0.833 bits per heavy atom. The van der Waals surface area contributed by atoms with Crippen LogP contribution in [-0.2, 0) is 4.74 Å². The number of ketones is 1. The quantitative estimate of drug-likeness (QED) is 0.632. The average molecular weight is 507 g/mol. The highest BCUT2D eigenvalue weighted by Crippen LogP contribution is 2.27. The Kier molecular flexibility index (Phi) is 6.37. The van der Waals surface area contributed by atoms with E-state index < -0.39 is 13.7 Å². The number of nitrogens with zero attached hydrogens (tertiary/aromatic N) is 3. The van der Waals surface area contributed by atoms with Gasteiger partial charge in [-0.05, 0) is 67.5 Å². The number of anilines is 2. The molecule has 7 nitrogen and oxygen atoms in total. The number of rotatable bonds is 2. The molecule has 2 aromatic rings. The summed E-state index contributed by atoms with van der Waals surface area (Å²) in [6, 6.07) is 12.8. The lowest BCUT2D eigenvalue weighted by atomic mass is 10.0. The van der Waals surface area contributed by atoms with Crippen LogP contribution in [0, 0.1) is 0 Å². The van der Waals surface area contributed by atoms with Gasteiger partial charge in [-0.25, -0.2) is 4.79 Å². The van der Waals surface area contributed by atoms with Crippen molar-refractivity contribution in [1.82, 2.24) is 10.2 Å². The number of nitrogens with one attached hydrogen (secondary N) is 1. The van der Waals surface area contributed by atoms with Gasteiger partial charge in [0, 0.05) is 74.9 Å². The molecule has 0 radical (unpaired) electrons. The van der Waals surface area contributed by atoms with Crippen LogP contribution in [0.2, 0.25) is 13.1 Å². The fraction of sp³-hybridized carbons (Fsp3) is 0.500. The van der Waals surface area contributed by atoms with E-state index in [-0.39, 0.29) is 11.9 Å². The van der Waals surface area contributed by atoms with Crippen LogP contribution >= 0.6 is 0 Å². The Morgan fingerprint density at radius 3 is 1.83 bits per heavy atom. The Bertz CT molecular complexity index is 1180. The molecule has 2 fully saturated rings. The summed E-state index contributed by atoms with van der Waals surface area (Å²) in [5, 5.41) is 5.87. The Morgan fingerprint density at radius 2 is 1.33 bits per heavy atom. The van der Waals surface area contributed by atoms with Gasteiger partial charge in [-0.3, -0.25) is 4.79 Å². The lowest BCUT2D eigenvalue weighted by Gasteiger charge is -2.38. The smallest absolute Gasteiger partial charge is 0.410 e. The molecule has 8 heteroatoms. The molecule has 2 saturated heterocycles. The predicted molar refractivity (Wildman–Crippen MR) is 148 cm³/mol. The first-order valence-electron chi connectivity index (χ1n) is 13.1. The topological polar surface area (TPSA) is 65.1 Å². The summed E-state index contributed by atoms with van der Waals surface area (Å²) in [5.74, 6) is 0.139. The summed E-state index contributed by atoms with van der Waals surface area (Å²) >= 11 is 0. The lowest BCUT2D eigenvalue weighted by Crippen LogP contribution is -2.60. The Balaban J connectivity index is 1.38. The summed E-state index contributed by atoms with van der Waals surface area (Å²) in [6.07, 6.45) is -0.247. The third-order valence-electron chi connectivity index (χ3n) is 7.62. The van der Waals surface area contributed by atoms with Crippen molar-refractivity contribution in [2.75, 3.05) is 62.2 Å². The summed E-state index contributed by atoms with van der Waals surface area (Å²) in [4.78, 5) is 32.5. The van der Waals surface area contributed by atoms with Gasteiger partial charge in [0.25, 0.3) is 0 Å². The molecule has 0 aliphatic carbocycles. The first-order chi connectivity index (χ1) is 17.0. The number of benzene rings is 2. The number of carbonyl (C=O) groups excluding carboxylic acids is 2. The highest BCUT2D eigenvalue weighted by molar-refractivity contribution is 7.02. The SMILES string of the molecule is CC(C)(C)OC(=O)N1CCN(c2ccc3c(c2)[Si](C)(C)c2cc(N4CCNCC4)ccc2C3=O)CC1. The fourth-order valence-corrected chi connectivity index (χ4v) is 8.62. The average Bonchev–Trinajstić information content (AvgIpc) is 2.86. The van der Waals surface area contributed by atoms with Crippen LogP contribution in [0.25, 0.3) is 0 Å². The van der Waals surface area contributed by atoms with Crippen molar-refractivity contribution in [2.45, 2.75) is 39.5 Å². The van der Waals surface area contributed by atoms with Crippen LogP contribution in [0.4, 0.5) is 16.2 Å². The minimum absolute atomic E-state index is 0.139. The Labute approximate surface area is 215 Å². The van der Waals surface area contributed by atoms with Crippen molar-refractivity contribution in [3.05, 3.63) is 47.5 Å². The minimum Gasteiger partial charge on any atom is -0.444 e. The van der Waals surface area contributed by atoms with Crippen molar-refractivity contribution >= 4 is 41.7 Å². The van der Waals surface area contributed by atoms with Crippen LogP contribution in [-0.4, -0.2) is 82.8 Å². The molecular weight excluding hydrogens is 468 g/mol. The zero-order chi connectivity index (χ0) is 25.7. The molecule has 36 heavy (non-hydrogen) atoms. The first-order valence-corrected chi connectivity index (χ1v) is 16.1. The molecule has 3 aliphatic heterocycles. The maximum atomic E-state index is 13.5. The molecule has 1 amide bonds. The molecule has 5 rings (SSSR count). The Hall–Kier alpha value is -2.84. The summed E-state index contributed by atoms with van der Waals surface area (Å²) in [7, 11) is -2.10. The summed E-state index contributed by atoms with van der Waals surface area (Å²) < 4.78 is 5.55. The third-order valence-corrected chi connectivity index (χ3v) is 11.1. The standard InChI is InChI=1S/C28H38N4O3Si/c1-28(2,3)35-27(34)32-16-14-31(15-17-32)21-7-9-23-25(19-21)36(4,5)24-18-20(6-8-22(24)26(23)33)30-12-10-29-11-13-30/h6-9,18-19,29H,10-17H2,1-5H3. The maximum Gasteiger partial charge on any atom is 0.410 e. The van der Waals surface area contributed by atoms with Crippen molar-refractivity contribution < 1.29 is 14.3 Å². The van der Waals surface area contributed by atoms with Crippen molar-refractivity contribution in [3.8, 4) is 0 Å². The molecule has 0 spiro atoms. The van der Waals surface area contributed by atoms with Gasteiger partial charge in [-0.2, -0.15) is 0 Å². The van der Waals surface area contributed by atoms with E-state index in [1.807, 2.05) is 26.8 Å². The number of ether oxygens (including phenoxy) is 1. The summed E-state index contributed by atoms with van der Waals surface area (Å²) in [5.41, 5.74) is 3.59. The van der Waals surface area contributed by atoms with Crippen molar-refractivity contribution in [3.63, 3.8) is 0 Å². The van der Waals surface area contributed by atoms with E-state index in [1.165, 1.54) is 16.1 Å². The second-order valence-corrected chi connectivity index (χ2v) is 15.9. The van der Waals surface area contributed by atoms with Gasteiger partial charge in [0.2, 0.25) is 0 Å². The number of hydrogen-bond acceptors (Lipinski definition) is 6.